The van der Waals surface area contributed by atoms with Crippen LogP contribution in [0, 0.1) is 5.82 Å². The molecule has 0 fully saturated rings. The largest absolute Gasteiger partial charge is 0.444 e. The summed E-state index contributed by atoms with van der Waals surface area (Å²) < 4.78 is 19.4. The molecule has 1 amide bonds. The van der Waals surface area contributed by atoms with Crippen molar-refractivity contribution in [2.45, 2.75) is 45.8 Å². The Bertz CT molecular complexity index is 539. The molecule has 0 unspecified atom stereocenters. The molecular weight excluding hydrogens is 325 g/mol. The first-order valence-electron chi connectivity index (χ1n) is 6.66. The Morgan fingerprint density at radius 1 is 1.45 bits per heavy atom. The fourth-order valence-electron chi connectivity index (χ4n) is 2.38. The van der Waals surface area contributed by atoms with Gasteiger partial charge in [-0.3, -0.25) is 0 Å². The van der Waals surface area contributed by atoms with E-state index in [0.29, 0.717) is 17.4 Å². The second-order valence-corrected chi connectivity index (χ2v) is 6.92. The maximum absolute atomic E-state index is 13.6. The molecule has 1 aliphatic rings. The van der Waals surface area contributed by atoms with Crippen molar-refractivity contribution in [3.63, 3.8) is 0 Å². The number of nitrogens with zero attached hydrogens (tertiary/aromatic N) is 1. The fourth-order valence-corrected chi connectivity index (χ4v) is 2.74. The summed E-state index contributed by atoms with van der Waals surface area (Å²) in [5.74, 6) is -0.262. The first-order chi connectivity index (χ1) is 9.19. The van der Waals surface area contributed by atoms with Gasteiger partial charge in [0, 0.05) is 6.54 Å². The van der Waals surface area contributed by atoms with Gasteiger partial charge < -0.3 is 9.64 Å². The van der Waals surface area contributed by atoms with E-state index >= 15 is 0 Å². The summed E-state index contributed by atoms with van der Waals surface area (Å²) in [4.78, 5) is 13.9. The van der Waals surface area contributed by atoms with Gasteiger partial charge in [0.05, 0.1) is 10.5 Å². The number of benzene rings is 1. The molecule has 0 saturated heterocycles. The second kappa shape index (κ2) is 5.35. The predicted octanol–water partition coefficient (Wildman–Crippen LogP) is 4.44. The molecule has 1 atom stereocenters. The third kappa shape index (κ3) is 3.14. The highest BCUT2D eigenvalue weighted by molar-refractivity contribution is 9.10. The zero-order chi connectivity index (χ0) is 15.1. The maximum atomic E-state index is 13.6. The molecule has 0 spiro atoms. The first-order valence-corrected chi connectivity index (χ1v) is 7.46. The number of carbonyl (C=O) groups excluding carboxylic acids is 1. The van der Waals surface area contributed by atoms with Crippen LogP contribution in [-0.2, 0) is 11.2 Å². The summed E-state index contributed by atoms with van der Waals surface area (Å²) in [6, 6.07) is 3.18. The molecule has 0 radical (unpaired) electrons. The van der Waals surface area contributed by atoms with Crippen molar-refractivity contribution in [3.05, 3.63) is 33.5 Å². The Labute approximate surface area is 127 Å². The van der Waals surface area contributed by atoms with E-state index < -0.39 is 5.60 Å². The smallest absolute Gasteiger partial charge is 0.410 e. The third-order valence-corrected chi connectivity index (χ3v) is 3.96. The fraction of sp³-hybridized carbons (Fsp3) is 0.533. The monoisotopic (exact) mass is 343 g/mol. The second-order valence-electron chi connectivity index (χ2n) is 6.06. The van der Waals surface area contributed by atoms with Crippen molar-refractivity contribution in [2.75, 3.05) is 6.54 Å². The van der Waals surface area contributed by atoms with Crippen LogP contribution in [0.3, 0.4) is 0 Å². The SMILES string of the molecule is C[C@H]1c2cc(Br)c(F)cc2CCN1C(=O)OC(C)(C)C. The number of fused-ring (bicyclic) bond motifs is 1. The summed E-state index contributed by atoms with van der Waals surface area (Å²) >= 11 is 3.20. The van der Waals surface area contributed by atoms with E-state index in [-0.39, 0.29) is 18.0 Å². The van der Waals surface area contributed by atoms with Crippen molar-refractivity contribution in [2.24, 2.45) is 0 Å². The van der Waals surface area contributed by atoms with Crippen molar-refractivity contribution in [1.82, 2.24) is 4.90 Å². The van der Waals surface area contributed by atoms with Gasteiger partial charge in [-0.15, -0.1) is 0 Å². The molecule has 5 heteroatoms. The normalized spacial score (nSPS) is 18.7. The van der Waals surface area contributed by atoms with Crippen molar-refractivity contribution in [3.8, 4) is 0 Å². The number of hydrogen-bond donors (Lipinski definition) is 0. The lowest BCUT2D eigenvalue weighted by Crippen LogP contribution is -2.42. The predicted molar refractivity (Wildman–Crippen MR) is 79.2 cm³/mol. The molecule has 0 saturated carbocycles. The molecule has 0 bridgehead atoms. The van der Waals surface area contributed by atoms with Gasteiger partial charge in [0.25, 0.3) is 0 Å². The standard InChI is InChI=1S/C15H19BrFNO2/c1-9-11-8-12(16)13(17)7-10(11)5-6-18(9)14(19)20-15(2,3)4/h7-9H,5-6H2,1-4H3/t9-/m0/s1. The van der Waals surface area contributed by atoms with Crippen LogP contribution in [0.2, 0.25) is 0 Å². The number of hydrogen-bond acceptors (Lipinski definition) is 2. The Morgan fingerprint density at radius 2 is 2.10 bits per heavy atom. The molecular formula is C15H19BrFNO2. The molecule has 1 aliphatic heterocycles. The lowest BCUT2D eigenvalue weighted by Gasteiger charge is -2.36. The highest BCUT2D eigenvalue weighted by Gasteiger charge is 2.31. The average Bonchev–Trinajstić information content (AvgIpc) is 2.30. The molecule has 1 aromatic carbocycles. The number of halogens is 2. The zero-order valence-corrected chi connectivity index (χ0v) is 13.8. The molecule has 0 N–H and O–H groups in total. The van der Waals surface area contributed by atoms with Gasteiger partial charge >= 0.3 is 6.09 Å². The lowest BCUT2D eigenvalue weighted by molar-refractivity contribution is 0.0159. The summed E-state index contributed by atoms with van der Waals surface area (Å²) in [5, 5.41) is 0. The van der Waals surface area contributed by atoms with Crippen LogP contribution in [0.5, 0.6) is 0 Å². The van der Waals surface area contributed by atoms with Gasteiger partial charge in [-0.05, 0) is 73.3 Å². The quantitative estimate of drug-likeness (QED) is 0.696. The van der Waals surface area contributed by atoms with E-state index in [1.807, 2.05) is 27.7 Å². The molecule has 110 valence electrons. The van der Waals surface area contributed by atoms with Gasteiger partial charge in [0.1, 0.15) is 11.4 Å². The minimum atomic E-state index is -0.513. The minimum Gasteiger partial charge on any atom is -0.444 e. The van der Waals surface area contributed by atoms with Crippen LogP contribution >= 0.6 is 15.9 Å². The van der Waals surface area contributed by atoms with Gasteiger partial charge in [-0.25, -0.2) is 9.18 Å². The Morgan fingerprint density at radius 3 is 2.70 bits per heavy atom. The van der Waals surface area contributed by atoms with Crippen LogP contribution in [0.1, 0.15) is 44.9 Å². The van der Waals surface area contributed by atoms with E-state index in [1.165, 1.54) is 0 Å². The number of ether oxygens (including phenoxy) is 1. The average molecular weight is 344 g/mol. The number of rotatable bonds is 0. The lowest BCUT2D eigenvalue weighted by atomic mass is 9.94. The summed E-state index contributed by atoms with van der Waals surface area (Å²) in [6.07, 6.45) is 0.319. The Hall–Kier alpha value is -1.10. The Balaban J connectivity index is 2.25. The van der Waals surface area contributed by atoms with Crippen LogP contribution in [0.15, 0.2) is 16.6 Å². The van der Waals surface area contributed by atoms with E-state index in [2.05, 4.69) is 15.9 Å². The van der Waals surface area contributed by atoms with Crippen molar-refractivity contribution < 1.29 is 13.9 Å². The molecule has 3 nitrogen and oxygen atoms in total. The van der Waals surface area contributed by atoms with E-state index in [9.17, 15) is 9.18 Å². The van der Waals surface area contributed by atoms with Crippen molar-refractivity contribution >= 4 is 22.0 Å². The van der Waals surface area contributed by atoms with Crippen LogP contribution in [0.25, 0.3) is 0 Å². The van der Waals surface area contributed by atoms with Gasteiger partial charge in [0.15, 0.2) is 0 Å². The molecule has 1 aromatic rings. The molecule has 0 aromatic heterocycles. The maximum Gasteiger partial charge on any atom is 0.410 e. The van der Waals surface area contributed by atoms with E-state index in [0.717, 1.165) is 11.1 Å². The van der Waals surface area contributed by atoms with Gasteiger partial charge in [-0.1, -0.05) is 0 Å². The topological polar surface area (TPSA) is 29.5 Å². The highest BCUT2D eigenvalue weighted by Crippen LogP contribution is 2.33. The van der Waals surface area contributed by atoms with Gasteiger partial charge in [-0.2, -0.15) is 0 Å². The molecule has 0 aliphatic carbocycles. The van der Waals surface area contributed by atoms with E-state index in [4.69, 9.17) is 4.74 Å². The van der Waals surface area contributed by atoms with Gasteiger partial charge in [0.2, 0.25) is 0 Å². The zero-order valence-electron chi connectivity index (χ0n) is 12.2. The number of amides is 1. The first kappa shape index (κ1) is 15.3. The number of carbonyl (C=O) groups is 1. The van der Waals surface area contributed by atoms with Crippen molar-refractivity contribution in [1.29, 1.82) is 0 Å². The molecule has 2 rings (SSSR count). The third-order valence-electron chi connectivity index (χ3n) is 3.35. The summed E-state index contributed by atoms with van der Waals surface area (Å²) in [7, 11) is 0. The van der Waals surface area contributed by atoms with E-state index in [1.54, 1.807) is 17.0 Å². The molecule has 20 heavy (non-hydrogen) atoms. The van der Waals surface area contributed by atoms with Crippen LogP contribution in [0.4, 0.5) is 9.18 Å². The summed E-state index contributed by atoms with van der Waals surface area (Å²) in [6.45, 7) is 8.02. The molecule has 1 heterocycles. The minimum absolute atomic E-state index is 0.120. The van der Waals surface area contributed by atoms with Crippen LogP contribution in [-0.4, -0.2) is 23.1 Å². The Kier molecular flexibility index (Phi) is 4.09. The summed E-state index contributed by atoms with van der Waals surface area (Å²) in [5.41, 5.74) is 1.41. The van der Waals surface area contributed by atoms with Crippen LogP contribution < -0.4 is 0 Å². The highest BCUT2D eigenvalue weighted by atomic mass is 79.9.